The van der Waals surface area contributed by atoms with Crippen molar-refractivity contribution in [1.82, 2.24) is 0 Å². The van der Waals surface area contributed by atoms with Gasteiger partial charge in [0.25, 0.3) is 0 Å². The molecule has 208 valence electrons. The van der Waals surface area contributed by atoms with E-state index in [0.29, 0.717) is 5.56 Å². The molecule has 0 aliphatic rings. The molecule has 0 bridgehead atoms. The lowest BCUT2D eigenvalue weighted by Crippen LogP contribution is -1.93. The van der Waals surface area contributed by atoms with E-state index in [9.17, 15) is 8.78 Å². The fourth-order valence-corrected chi connectivity index (χ4v) is 6.59. The molecule has 0 saturated carbocycles. The van der Waals surface area contributed by atoms with Crippen molar-refractivity contribution in [3.8, 4) is 44.5 Å². The van der Waals surface area contributed by atoms with Gasteiger partial charge in [0.05, 0.1) is 0 Å². The van der Waals surface area contributed by atoms with Crippen molar-refractivity contribution in [2.45, 2.75) is 0 Å². The monoisotopic (exact) mass is 568 g/mol. The molecule has 0 N–H and O–H groups in total. The minimum absolute atomic E-state index is 0.514. The summed E-state index contributed by atoms with van der Waals surface area (Å²) < 4.78 is 28.7. The first-order valence-electron chi connectivity index (χ1n) is 14.7. The van der Waals surface area contributed by atoms with Crippen LogP contribution in [0.4, 0.5) is 8.78 Å². The zero-order chi connectivity index (χ0) is 29.6. The van der Waals surface area contributed by atoms with Gasteiger partial charge in [-0.15, -0.1) is 0 Å². The summed E-state index contributed by atoms with van der Waals surface area (Å²) in [5, 5.41) is 6.88. The Hall–Kier alpha value is -5.60. The van der Waals surface area contributed by atoms with Gasteiger partial charge in [-0.3, -0.25) is 0 Å². The number of benzene rings is 8. The Morgan fingerprint density at radius 1 is 0.295 bits per heavy atom. The average molecular weight is 569 g/mol. The predicted molar refractivity (Wildman–Crippen MR) is 181 cm³/mol. The Labute approximate surface area is 254 Å². The molecule has 0 aromatic heterocycles. The molecule has 0 unspecified atom stereocenters. The summed E-state index contributed by atoms with van der Waals surface area (Å²) in [5.41, 5.74) is 7.93. The van der Waals surface area contributed by atoms with Crippen molar-refractivity contribution in [2.75, 3.05) is 0 Å². The Bertz CT molecular complexity index is 2270. The summed E-state index contributed by atoms with van der Waals surface area (Å²) in [6.07, 6.45) is 0. The van der Waals surface area contributed by atoms with Crippen LogP contribution in [-0.4, -0.2) is 0 Å². The molecular weight excluding hydrogens is 542 g/mol. The first-order chi connectivity index (χ1) is 21.6. The first-order valence-corrected chi connectivity index (χ1v) is 14.7. The van der Waals surface area contributed by atoms with Gasteiger partial charge in [0.1, 0.15) is 11.6 Å². The Balaban J connectivity index is 1.34. The molecule has 0 amide bonds. The van der Waals surface area contributed by atoms with Crippen LogP contribution in [0.1, 0.15) is 0 Å². The number of hydrogen-bond acceptors (Lipinski definition) is 0. The summed E-state index contributed by atoms with van der Waals surface area (Å²) in [7, 11) is 0. The second kappa shape index (κ2) is 10.6. The smallest absolute Gasteiger partial charge is 0.126 e. The largest absolute Gasteiger partial charge is 0.207 e. The molecule has 44 heavy (non-hydrogen) atoms. The molecule has 8 rings (SSSR count). The predicted octanol–water partition coefficient (Wildman–Crippen LogP) is 12.1. The molecule has 0 nitrogen and oxygen atoms in total. The molecule has 2 heteroatoms. The van der Waals surface area contributed by atoms with Crippen LogP contribution in [0.3, 0.4) is 0 Å². The molecule has 0 spiro atoms. The van der Waals surface area contributed by atoms with Crippen molar-refractivity contribution >= 4 is 32.3 Å². The molecule has 0 aliphatic carbocycles. The van der Waals surface area contributed by atoms with Gasteiger partial charge in [0.15, 0.2) is 0 Å². The number of halogens is 2. The normalized spacial score (nSPS) is 11.4. The minimum atomic E-state index is -0.591. The SMILES string of the molecule is Fc1cc(F)cc(-c2ccccc2-c2c3ccccc3c(-c3ccc(-c4ccc5ccccc5c4)cc3)c3ccccc23)c1. The maximum Gasteiger partial charge on any atom is 0.126 e. The lowest BCUT2D eigenvalue weighted by Gasteiger charge is -2.20. The van der Waals surface area contributed by atoms with Crippen molar-refractivity contribution < 1.29 is 8.78 Å². The molecule has 0 fully saturated rings. The van der Waals surface area contributed by atoms with E-state index < -0.39 is 11.6 Å². The molecule has 8 aromatic carbocycles. The number of rotatable bonds is 4. The van der Waals surface area contributed by atoms with Crippen LogP contribution < -0.4 is 0 Å². The minimum Gasteiger partial charge on any atom is -0.207 e. The second-order valence-electron chi connectivity index (χ2n) is 11.2. The van der Waals surface area contributed by atoms with Crippen LogP contribution in [0.25, 0.3) is 76.8 Å². The van der Waals surface area contributed by atoms with Crippen molar-refractivity contribution in [2.24, 2.45) is 0 Å². The average Bonchev–Trinajstić information content (AvgIpc) is 3.06. The lowest BCUT2D eigenvalue weighted by molar-refractivity contribution is 0.584. The molecule has 0 heterocycles. The van der Waals surface area contributed by atoms with Gasteiger partial charge in [0.2, 0.25) is 0 Å². The summed E-state index contributed by atoms with van der Waals surface area (Å²) in [6, 6.07) is 52.3. The van der Waals surface area contributed by atoms with Crippen LogP contribution in [0, 0.1) is 11.6 Å². The van der Waals surface area contributed by atoms with Gasteiger partial charge in [-0.1, -0.05) is 133 Å². The van der Waals surface area contributed by atoms with E-state index in [1.807, 2.05) is 24.3 Å². The van der Waals surface area contributed by atoms with E-state index in [1.54, 1.807) is 0 Å². The fraction of sp³-hybridized carbons (Fsp3) is 0. The summed E-state index contributed by atoms with van der Waals surface area (Å²) in [4.78, 5) is 0. The van der Waals surface area contributed by atoms with E-state index in [2.05, 4.69) is 115 Å². The van der Waals surface area contributed by atoms with E-state index in [0.717, 1.165) is 49.9 Å². The van der Waals surface area contributed by atoms with Crippen LogP contribution in [0.2, 0.25) is 0 Å². The molecule has 0 saturated heterocycles. The molecule has 8 aromatic rings. The summed E-state index contributed by atoms with van der Waals surface area (Å²) >= 11 is 0. The van der Waals surface area contributed by atoms with Gasteiger partial charge >= 0.3 is 0 Å². The second-order valence-corrected chi connectivity index (χ2v) is 11.2. The topological polar surface area (TPSA) is 0 Å². The maximum absolute atomic E-state index is 14.4. The van der Waals surface area contributed by atoms with Crippen molar-refractivity contribution in [3.05, 3.63) is 169 Å². The highest BCUT2D eigenvalue weighted by molar-refractivity contribution is 6.22. The highest BCUT2D eigenvalue weighted by atomic mass is 19.1. The van der Waals surface area contributed by atoms with E-state index >= 15 is 0 Å². The Kier molecular flexibility index (Phi) is 6.27. The van der Waals surface area contributed by atoms with Crippen LogP contribution >= 0.6 is 0 Å². The number of fused-ring (bicyclic) bond motifs is 3. The summed E-state index contributed by atoms with van der Waals surface area (Å²) in [6.45, 7) is 0. The van der Waals surface area contributed by atoms with Crippen LogP contribution in [0.15, 0.2) is 158 Å². The highest BCUT2D eigenvalue weighted by Crippen LogP contribution is 2.46. The van der Waals surface area contributed by atoms with Crippen molar-refractivity contribution in [3.63, 3.8) is 0 Å². The third-order valence-corrected chi connectivity index (χ3v) is 8.56. The van der Waals surface area contributed by atoms with E-state index in [1.165, 1.54) is 39.6 Å². The third kappa shape index (κ3) is 4.44. The Morgan fingerprint density at radius 3 is 1.41 bits per heavy atom. The molecule has 0 aliphatic heterocycles. The number of hydrogen-bond donors (Lipinski definition) is 0. The third-order valence-electron chi connectivity index (χ3n) is 8.56. The van der Waals surface area contributed by atoms with Crippen LogP contribution in [0.5, 0.6) is 0 Å². The van der Waals surface area contributed by atoms with Gasteiger partial charge in [-0.2, -0.15) is 0 Å². The summed E-state index contributed by atoms with van der Waals surface area (Å²) in [5.74, 6) is -1.18. The molecule has 0 atom stereocenters. The highest BCUT2D eigenvalue weighted by Gasteiger charge is 2.19. The molecular formula is C42H26F2. The first kappa shape index (κ1) is 26.1. The zero-order valence-corrected chi connectivity index (χ0v) is 23.8. The van der Waals surface area contributed by atoms with Gasteiger partial charge in [0, 0.05) is 6.07 Å². The van der Waals surface area contributed by atoms with Gasteiger partial charge in [-0.05, 0) is 95.0 Å². The van der Waals surface area contributed by atoms with E-state index in [4.69, 9.17) is 0 Å². The van der Waals surface area contributed by atoms with Crippen molar-refractivity contribution in [1.29, 1.82) is 0 Å². The Morgan fingerprint density at radius 2 is 0.773 bits per heavy atom. The fourth-order valence-electron chi connectivity index (χ4n) is 6.59. The van der Waals surface area contributed by atoms with Gasteiger partial charge in [-0.25, -0.2) is 8.78 Å². The zero-order valence-electron chi connectivity index (χ0n) is 23.8. The lowest BCUT2D eigenvalue weighted by atomic mass is 9.83. The quantitative estimate of drug-likeness (QED) is 0.185. The van der Waals surface area contributed by atoms with Gasteiger partial charge < -0.3 is 0 Å². The standard InChI is InChI=1S/C42H26F2/c43-33-24-32(25-34(44)26-33)35-11-3-4-12-36(35)42-39-15-7-5-13-37(39)41(38-14-6-8-16-40(38)42)29-20-17-28(18-21-29)31-22-19-27-9-1-2-10-30(27)23-31/h1-26H. The maximum atomic E-state index is 14.4. The van der Waals surface area contributed by atoms with E-state index in [-0.39, 0.29) is 0 Å². The van der Waals surface area contributed by atoms with Crippen LogP contribution in [-0.2, 0) is 0 Å². The molecule has 0 radical (unpaired) electrons.